The summed E-state index contributed by atoms with van der Waals surface area (Å²) in [5.41, 5.74) is 0. The number of amides is 1. The van der Waals surface area contributed by atoms with Gasteiger partial charge in [0, 0.05) is 0 Å². The molecule has 6 nitrogen and oxygen atoms in total. The molecule has 1 heterocycles. The Labute approximate surface area is 201 Å². The van der Waals surface area contributed by atoms with Crippen LogP contribution in [-0.2, 0) is 14.0 Å². The van der Waals surface area contributed by atoms with Gasteiger partial charge in [-0.2, -0.15) is 0 Å². The van der Waals surface area contributed by atoms with Gasteiger partial charge in [0.2, 0.25) is 10.3 Å². The number of likely N-dealkylation sites (tertiary alicyclic amines) is 1. The molecule has 0 bridgehead atoms. The Kier molecular flexibility index (Phi) is 8.72. The number of carboxylic acid groups (broad SMARTS) is 1. The van der Waals surface area contributed by atoms with Crippen molar-refractivity contribution in [3.05, 3.63) is 43.0 Å². The Balaban J connectivity index is 2.27. The molecule has 1 N–H and O–H groups in total. The highest BCUT2D eigenvalue weighted by atomic mass is 32.2. The van der Waals surface area contributed by atoms with E-state index in [2.05, 4.69) is 40.4 Å². The molecule has 1 aliphatic rings. The number of para-hydroxylation sites is 1. The number of thioether (sulfide) groups is 1. The second-order valence-corrected chi connectivity index (χ2v) is 15.9. The van der Waals surface area contributed by atoms with Crippen LogP contribution in [0.15, 0.2) is 43.0 Å². The molecule has 0 saturated carbocycles. The van der Waals surface area contributed by atoms with Gasteiger partial charge in [-0.3, -0.25) is 4.79 Å². The zero-order valence-corrected chi connectivity index (χ0v) is 22.2. The molecule has 2 rings (SSSR count). The Bertz CT molecular complexity index is 856. The lowest BCUT2D eigenvalue weighted by Gasteiger charge is -2.52. The minimum absolute atomic E-state index is 0.0193. The van der Waals surface area contributed by atoms with Crippen LogP contribution in [0.5, 0.6) is 5.75 Å². The molecule has 9 heteroatoms. The number of carbonyl (C=O) groups excluding carboxylic acids is 1. The summed E-state index contributed by atoms with van der Waals surface area (Å²) >= 11 is 6.62. The molecule has 4 atom stereocenters. The zero-order valence-electron chi connectivity index (χ0n) is 19.5. The van der Waals surface area contributed by atoms with Gasteiger partial charge in [-0.05, 0) is 55.8 Å². The zero-order chi connectivity index (χ0) is 24.3. The molecule has 176 valence electrons. The maximum atomic E-state index is 13.2. The third kappa shape index (κ3) is 6.01. The second-order valence-electron chi connectivity index (χ2n) is 9.41. The van der Waals surface area contributed by atoms with Crippen LogP contribution in [0.3, 0.4) is 0 Å². The molecule has 0 spiro atoms. The van der Waals surface area contributed by atoms with E-state index in [9.17, 15) is 14.7 Å². The van der Waals surface area contributed by atoms with Crippen LogP contribution >= 0.6 is 24.0 Å². The van der Waals surface area contributed by atoms with Crippen LogP contribution in [0.2, 0.25) is 18.1 Å². The molecule has 1 aliphatic heterocycles. The van der Waals surface area contributed by atoms with E-state index in [1.165, 1.54) is 22.7 Å². The predicted octanol–water partition coefficient (Wildman–Crippen LogP) is 5.31. The summed E-state index contributed by atoms with van der Waals surface area (Å²) in [6.07, 6.45) is 1.28. The summed E-state index contributed by atoms with van der Waals surface area (Å²) in [5, 5.41) is 9.20. The average molecular weight is 496 g/mol. The molecule has 1 fully saturated rings. The molecular weight excluding hydrogens is 462 g/mol. The SMILES string of the molecule is C=CC[C@H](C(=O)O)N1C(=O)C([C@@H](C)O[Si](C)(C)C(C)(C)C)C1SC(=S)Oc1ccccc1. The number of benzene rings is 1. The monoisotopic (exact) mass is 495 g/mol. The summed E-state index contributed by atoms with van der Waals surface area (Å²) in [6, 6.07) is 8.12. The smallest absolute Gasteiger partial charge is 0.326 e. The van der Waals surface area contributed by atoms with Crippen molar-refractivity contribution in [3.63, 3.8) is 0 Å². The molecule has 1 aromatic carbocycles. The van der Waals surface area contributed by atoms with Gasteiger partial charge in [-0.1, -0.05) is 56.8 Å². The predicted molar refractivity (Wildman–Crippen MR) is 135 cm³/mol. The lowest BCUT2D eigenvalue weighted by atomic mass is 9.90. The first-order valence-electron chi connectivity index (χ1n) is 10.6. The molecule has 0 aliphatic carbocycles. The molecule has 1 aromatic rings. The highest BCUT2D eigenvalue weighted by Gasteiger charge is 2.56. The van der Waals surface area contributed by atoms with Gasteiger partial charge in [0.25, 0.3) is 0 Å². The number of aliphatic carboxylic acids is 1. The van der Waals surface area contributed by atoms with Crippen molar-refractivity contribution in [2.75, 3.05) is 0 Å². The molecule has 32 heavy (non-hydrogen) atoms. The molecular formula is C23H33NO5S2Si. The topological polar surface area (TPSA) is 76.1 Å². The third-order valence-electron chi connectivity index (χ3n) is 6.09. The van der Waals surface area contributed by atoms with Gasteiger partial charge in [-0.15, -0.1) is 6.58 Å². The van der Waals surface area contributed by atoms with Gasteiger partial charge in [0.05, 0.1) is 12.0 Å². The van der Waals surface area contributed by atoms with E-state index in [1.807, 2.05) is 25.1 Å². The van der Waals surface area contributed by atoms with Gasteiger partial charge >= 0.3 is 5.97 Å². The van der Waals surface area contributed by atoms with E-state index in [0.717, 1.165) is 0 Å². The van der Waals surface area contributed by atoms with Crippen LogP contribution in [0.25, 0.3) is 0 Å². The largest absolute Gasteiger partial charge is 0.480 e. The Morgan fingerprint density at radius 3 is 2.44 bits per heavy atom. The number of hydrogen-bond acceptors (Lipinski definition) is 6. The number of nitrogens with zero attached hydrogens (tertiary/aromatic N) is 1. The number of thiocarbonyl (C=S) groups is 1. The summed E-state index contributed by atoms with van der Waals surface area (Å²) in [5.74, 6) is -1.25. The molecule has 1 saturated heterocycles. The third-order valence-corrected chi connectivity index (χ3v) is 12.1. The number of hydrogen-bond donors (Lipinski definition) is 1. The maximum absolute atomic E-state index is 13.2. The van der Waals surface area contributed by atoms with Crippen LogP contribution in [0.4, 0.5) is 0 Å². The Morgan fingerprint density at radius 2 is 1.94 bits per heavy atom. The van der Waals surface area contributed by atoms with E-state index in [-0.39, 0.29) is 27.9 Å². The van der Waals surface area contributed by atoms with E-state index in [4.69, 9.17) is 21.4 Å². The minimum atomic E-state index is -2.14. The fraction of sp³-hybridized carbons (Fsp3) is 0.522. The Hall–Kier alpha value is -1.68. The second kappa shape index (κ2) is 10.5. The van der Waals surface area contributed by atoms with Crippen molar-refractivity contribution < 1.29 is 23.9 Å². The Morgan fingerprint density at radius 1 is 1.34 bits per heavy atom. The van der Waals surface area contributed by atoms with Crippen molar-refractivity contribution in [2.45, 2.75) is 69.8 Å². The molecule has 0 aromatic heterocycles. The fourth-order valence-corrected chi connectivity index (χ4v) is 6.33. The van der Waals surface area contributed by atoms with Gasteiger partial charge in [-0.25, -0.2) is 4.79 Å². The molecule has 2 unspecified atom stereocenters. The number of carbonyl (C=O) groups is 2. The van der Waals surface area contributed by atoms with Gasteiger partial charge in [0.1, 0.15) is 17.2 Å². The van der Waals surface area contributed by atoms with Crippen molar-refractivity contribution in [1.82, 2.24) is 4.90 Å². The number of rotatable bonds is 9. The normalized spacial score (nSPS) is 20.8. The van der Waals surface area contributed by atoms with Crippen molar-refractivity contribution >= 4 is 48.6 Å². The average Bonchev–Trinajstić information content (AvgIpc) is 2.66. The quantitative estimate of drug-likeness (QED) is 0.215. The van der Waals surface area contributed by atoms with E-state index in [0.29, 0.717) is 5.75 Å². The van der Waals surface area contributed by atoms with Crippen LogP contribution in [-0.4, -0.2) is 52.1 Å². The summed E-state index contributed by atoms with van der Waals surface area (Å²) in [7, 11) is -2.14. The summed E-state index contributed by atoms with van der Waals surface area (Å²) in [6.45, 7) is 16.2. The lowest BCUT2D eigenvalue weighted by molar-refractivity contribution is -0.168. The van der Waals surface area contributed by atoms with Crippen molar-refractivity contribution in [2.24, 2.45) is 5.92 Å². The van der Waals surface area contributed by atoms with Crippen molar-refractivity contribution in [1.29, 1.82) is 0 Å². The molecule has 0 radical (unpaired) electrons. The number of ether oxygens (including phenoxy) is 1. The highest BCUT2D eigenvalue weighted by Crippen LogP contribution is 2.44. The molecule has 1 amide bonds. The highest BCUT2D eigenvalue weighted by molar-refractivity contribution is 8.23. The van der Waals surface area contributed by atoms with Crippen LogP contribution < -0.4 is 4.74 Å². The van der Waals surface area contributed by atoms with E-state index in [1.54, 1.807) is 12.1 Å². The lowest BCUT2D eigenvalue weighted by Crippen LogP contribution is -2.68. The van der Waals surface area contributed by atoms with Crippen LogP contribution in [0, 0.1) is 5.92 Å². The fourth-order valence-electron chi connectivity index (χ4n) is 3.32. The number of β-lactam (4-membered cyclic amide) rings is 1. The maximum Gasteiger partial charge on any atom is 0.326 e. The summed E-state index contributed by atoms with van der Waals surface area (Å²) < 4.78 is 12.5. The van der Waals surface area contributed by atoms with Gasteiger partial charge < -0.3 is 19.2 Å². The van der Waals surface area contributed by atoms with E-state index < -0.39 is 31.6 Å². The van der Waals surface area contributed by atoms with Crippen LogP contribution in [0.1, 0.15) is 34.1 Å². The van der Waals surface area contributed by atoms with E-state index >= 15 is 0 Å². The number of carboxylic acids is 1. The summed E-state index contributed by atoms with van der Waals surface area (Å²) in [4.78, 5) is 26.4. The minimum Gasteiger partial charge on any atom is -0.480 e. The first-order chi connectivity index (χ1) is 14.8. The van der Waals surface area contributed by atoms with Gasteiger partial charge in [0.15, 0.2) is 8.32 Å². The first kappa shape index (κ1) is 26.6. The van der Waals surface area contributed by atoms with Crippen molar-refractivity contribution in [3.8, 4) is 5.75 Å². The first-order valence-corrected chi connectivity index (χ1v) is 14.8. The standard InChI is InChI=1S/C23H33NO5S2Si/c1-8-12-17(21(26)27)24-19(25)18(15(2)29-32(6,7)23(3,4)5)20(24)31-22(30)28-16-13-10-9-11-14-16/h8-11,13-15,17-18,20H,1,12H2,2-7H3,(H,26,27)/t15-,17-,18?,20?/m1/s1.